The van der Waals surface area contributed by atoms with E-state index in [4.69, 9.17) is 5.73 Å². The highest BCUT2D eigenvalue weighted by Crippen LogP contribution is 2.27. The van der Waals surface area contributed by atoms with Gasteiger partial charge in [-0.25, -0.2) is 4.98 Å². The average Bonchev–Trinajstić information content (AvgIpc) is 2.70. The lowest BCUT2D eigenvalue weighted by atomic mass is 10.0. The highest BCUT2D eigenvalue weighted by molar-refractivity contribution is 5.91. The number of hydrogen-bond acceptors (Lipinski definition) is 3. The third-order valence-electron chi connectivity index (χ3n) is 3.65. The summed E-state index contributed by atoms with van der Waals surface area (Å²) in [6.45, 7) is 7.42. The fraction of sp³-hybridized carbons (Fsp3) is 0.571. The number of rotatable bonds is 4. The van der Waals surface area contributed by atoms with Crippen LogP contribution in [-0.4, -0.2) is 41.0 Å². The molecule has 0 bridgehead atoms. The summed E-state index contributed by atoms with van der Waals surface area (Å²) in [5.74, 6) is 1.15. The summed E-state index contributed by atoms with van der Waals surface area (Å²) in [5.41, 5.74) is 6.14. The Bertz CT molecular complexity index is 427. The van der Waals surface area contributed by atoms with Gasteiger partial charge in [-0.15, -0.1) is 0 Å². The molecule has 5 nitrogen and oxygen atoms in total. The Hall–Kier alpha value is -1.62. The van der Waals surface area contributed by atoms with Crippen LogP contribution in [0.4, 0.5) is 5.82 Å². The van der Waals surface area contributed by atoms with Gasteiger partial charge in [0, 0.05) is 18.3 Å². The number of anilines is 1. The molecule has 2 heterocycles. The number of nitrogens with two attached hydrogens (primary N) is 1. The van der Waals surface area contributed by atoms with Crippen LogP contribution in [0.5, 0.6) is 0 Å². The molecule has 0 saturated carbocycles. The van der Waals surface area contributed by atoms with Crippen molar-refractivity contribution in [3.63, 3.8) is 0 Å². The molecular weight excluding hydrogens is 238 g/mol. The molecule has 1 fully saturated rings. The van der Waals surface area contributed by atoms with Gasteiger partial charge in [-0.3, -0.25) is 9.89 Å². The van der Waals surface area contributed by atoms with E-state index in [-0.39, 0.29) is 0 Å². The second kappa shape index (κ2) is 6.02. The van der Waals surface area contributed by atoms with Crippen LogP contribution in [0.2, 0.25) is 0 Å². The van der Waals surface area contributed by atoms with Crippen molar-refractivity contribution >= 4 is 11.8 Å². The Labute approximate surface area is 114 Å². The van der Waals surface area contributed by atoms with Crippen molar-refractivity contribution in [3.05, 3.63) is 24.4 Å². The first kappa shape index (κ1) is 13.8. The van der Waals surface area contributed by atoms with E-state index in [1.165, 1.54) is 12.8 Å². The highest BCUT2D eigenvalue weighted by Gasteiger charge is 2.30. The van der Waals surface area contributed by atoms with E-state index in [1.54, 1.807) is 6.20 Å². The molecule has 1 aliphatic heterocycles. The van der Waals surface area contributed by atoms with E-state index >= 15 is 0 Å². The molecule has 2 rings (SSSR count). The summed E-state index contributed by atoms with van der Waals surface area (Å²) in [6, 6.07) is 5.65. The Balaban J connectivity index is 1.79. The fourth-order valence-electron chi connectivity index (χ4n) is 2.48. The topological polar surface area (TPSA) is 66.5 Å². The standard InChI is InChI=1S/C14H23N5/c1-14(2)7-5-10-19(14)11-9-17-13(15)18-12-6-3-4-8-16-12/h3-4,6,8H,5,7,9-11H2,1-2H3,(H3,15,16,17,18). The third kappa shape index (κ3) is 3.92. The molecule has 0 unspecified atom stereocenters. The zero-order valence-electron chi connectivity index (χ0n) is 11.8. The van der Waals surface area contributed by atoms with E-state index < -0.39 is 0 Å². The first-order valence-electron chi connectivity index (χ1n) is 6.81. The van der Waals surface area contributed by atoms with Gasteiger partial charge in [-0.2, -0.15) is 0 Å². The first-order chi connectivity index (χ1) is 9.08. The van der Waals surface area contributed by atoms with Crippen LogP contribution in [-0.2, 0) is 0 Å². The molecule has 0 aromatic carbocycles. The van der Waals surface area contributed by atoms with Gasteiger partial charge in [0.1, 0.15) is 5.82 Å². The SMILES string of the molecule is CC1(C)CCCN1CCN=C(N)Nc1ccccn1. The highest BCUT2D eigenvalue weighted by atomic mass is 15.2. The molecule has 1 aromatic heterocycles. The molecule has 1 aliphatic rings. The van der Waals surface area contributed by atoms with Gasteiger partial charge in [0.25, 0.3) is 0 Å². The van der Waals surface area contributed by atoms with Crippen LogP contribution in [0.25, 0.3) is 0 Å². The van der Waals surface area contributed by atoms with Crippen molar-refractivity contribution < 1.29 is 0 Å². The lowest BCUT2D eigenvalue weighted by Crippen LogP contribution is -2.40. The normalized spacial score (nSPS) is 19.6. The van der Waals surface area contributed by atoms with Crippen molar-refractivity contribution in [2.75, 3.05) is 25.0 Å². The van der Waals surface area contributed by atoms with Crippen LogP contribution in [0.1, 0.15) is 26.7 Å². The van der Waals surface area contributed by atoms with E-state index in [0.29, 0.717) is 11.5 Å². The Kier molecular flexibility index (Phi) is 4.37. The number of nitrogens with one attached hydrogen (secondary N) is 1. The first-order valence-corrected chi connectivity index (χ1v) is 6.81. The smallest absolute Gasteiger partial charge is 0.194 e. The van der Waals surface area contributed by atoms with Gasteiger partial charge in [0.15, 0.2) is 5.96 Å². The van der Waals surface area contributed by atoms with E-state index in [9.17, 15) is 0 Å². The Morgan fingerprint density at radius 3 is 3.00 bits per heavy atom. The molecular formula is C14H23N5. The van der Waals surface area contributed by atoms with Crippen LogP contribution >= 0.6 is 0 Å². The molecule has 1 aromatic rings. The van der Waals surface area contributed by atoms with Crippen LogP contribution in [0, 0.1) is 0 Å². The molecule has 104 valence electrons. The maximum atomic E-state index is 5.84. The monoisotopic (exact) mass is 261 g/mol. The van der Waals surface area contributed by atoms with Gasteiger partial charge in [-0.05, 0) is 45.4 Å². The maximum absolute atomic E-state index is 5.84. The van der Waals surface area contributed by atoms with Crippen molar-refractivity contribution in [1.82, 2.24) is 9.88 Å². The third-order valence-corrected chi connectivity index (χ3v) is 3.65. The molecule has 0 atom stereocenters. The predicted octanol–water partition coefficient (Wildman–Crippen LogP) is 1.68. The van der Waals surface area contributed by atoms with Crippen molar-refractivity contribution in [2.45, 2.75) is 32.2 Å². The number of aromatic nitrogens is 1. The van der Waals surface area contributed by atoms with E-state index in [2.05, 4.69) is 34.0 Å². The van der Waals surface area contributed by atoms with Crippen molar-refractivity contribution in [1.29, 1.82) is 0 Å². The quantitative estimate of drug-likeness (QED) is 0.639. The summed E-state index contributed by atoms with van der Waals surface area (Å²) in [6.07, 6.45) is 4.26. The molecule has 0 amide bonds. The number of likely N-dealkylation sites (tertiary alicyclic amines) is 1. The van der Waals surface area contributed by atoms with Crippen LogP contribution < -0.4 is 11.1 Å². The van der Waals surface area contributed by atoms with Crippen molar-refractivity contribution in [2.24, 2.45) is 10.7 Å². The number of aliphatic imine (C=N–C) groups is 1. The summed E-state index contributed by atoms with van der Waals surface area (Å²) < 4.78 is 0. The van der Waals surface area contributed by atoms with Gasteiger partial charge in [0.05, 0.1) is 6.54 Å². The molecule has 0 radical (unpaired) electrons. The molecule has 0 aliphatic carbocycles. The summed E-state index contributed by atoms with van der Waals surface area (Å²) in [7, 11) is 0. The Morgan fingerprint density at radius 1 is 1.53 bits per heavy atom. The summed E-state index contributed by atoms with van der Waals surface area (Å²) in [4.78, 5) is 11.0. The molecule has 1 saturated heterocycles. The molecule has 3 N–H and O–H groups in total. The molecule has 19 heavy (non-hydrogen) atoms. The summed E-state index contributed by atoms with van der Waals surface area (Å²) >= 11 is 0. The number of guanidine groups is 1. The number of nitrogens with zero attached hydrogens (tertiary/aromatic N) is 3. The van der Waals surface area contributed by atoms with Crippen LogP contribution in [0.15, 0.2) is 29.4 Å². The van der Waals surface area contributed by atoms with Crippen molar-refractivity contribution in [3.8, 4) is 0 Å². The second-order valence-corrected chi connectivity index (χ2v) is 5.51. The van der Waals surface area contributed by atoms with Gasteiger partial charge >= 0.3 is 0 Å². The lowest BCUT2D eigenvalue weighted by Gasteiger charge is -2.30. The predicted molar refractivity (Wildman–Crippen MR) is 79.2 cm³/mol. The average molecular weight is 261 g/mol. The minimum absolute atomic E-state index is 0.304. The van der Waals surface area contributed by atoms with Crippen LogP contribution in [0.3, 0.4) is 0 Å². The zero-order valence-corrected chi connectivity index (χ0v) is 11.8. The maximum Gasteiger partial charge on any atom is 0.194 e. The minimum atomic E-state index is 0.304. The molecule has 0 spiro atoms. The fourth-order valence-corrected chi connectivity index (χ4v) is 2.48. The zero-order chi connectivity index (χ0) is 13.7. The second-order valence-electron chi connectivity index (χ2n) is 5.51. The number of pyridine rings is 1. The van der Waals surface area contributed by atoms with Gasteiger partial charge in [-0.1, -0.05) is 6.07 Å². The van der Waals surface area contributed by atoms with Gasteiger partial charge < -0.3 is 11.1 Å². The number of hydrogen-bond donors (Lipinski definition) is 2. The van der Waals surface area contributed by atoms with E-state index in [0.717, 1.165) is 25.5 Å². The Morgan fingerprint density at radius 2 is 2.37 bits per heavy atom. The summed E-state index contributed by atoms with van der Waals surface area (Å²) in [5, 5.41) is 2.99. The largest absolute Gasteiger partial charge is 0.370 e. The van der Waals surface area contributed by atoms with Gasteiger partial charge in [0.2, 0.25) is 0 Å². The van der Waals surface area contributed by atoms with E-state index in [1.807, 2.05) is 18.2 Å². The lowest BCUT2D eigenvalue weighted by molar-refractivity contribution is 0.180. The minimum Gasteiger partial charge on any atom is -0.370 e. The molecule has 5 heteroatoms.